The summed E-state index contributed by atoms with van der Waals surface area (Å²) in [5, 5.41) is 12.1. The Labute approximate surface area is 93.2 Å². The van der Waals surface area contributed by atoms with E-state index in [4.69, 9.17) is 9.63 Å². The third kappa shape index (κ3) is 2.21. The van der Waals surface area contributed by atoms with Gasteiger partial charge in [-0.3, -0.25) is 0 Å². The van der Waals surface area contributed by atoms with Crippen LogP contribution in [-0.2, 0) is 6.42 Å². The first-order valence-corrected chi connectivity index (χ1v) is 5.50. The lowest BCUT2D eigenvalue weighted by molar-refractivity contribution is 0.0680. The number of carboxylic acids is 1. The largest absolute Gasteiger partial charge is 0.475 e. The molecule has 88 valence electrons. The molecule has 0 amide bonds. The molecule has 0 aromatic carbocycles. The molecule has 6 nitrogen and oxygen atoms in total. The Hall–Kier alpha value is -1.43. The molecule has 16 heavy (non-hydrogen) atoms. The molecule has 1 saturated heterocycles. The van der Waals surface area contributed by atoms with Crippen LogP contribution in [-0.4, -0.2) is 45.2 Å². The van der Waals surface area contributed by atoms with Crippen molar-refractivity contribution in [2.75, 3.05) is 13.1 Å². The van der Waals surface area contributed by atoms with Crippen molar-refractivity contribution in [1.29, 1.82) is 0 Å². The number of carbonyl (C=O) groups is 1. The van der Waals surface area contributed by atoms with Crippen LogP contribution >= 0.6 is 0 Å². The van der Waals surface area contributed by atoms with Crippen LogP contribution < -0.4 is 0 Å². The lowest BCUT2D eigenvalue weighted by atomic mass is 10.1. The summed E-state index contributed by atoms with van der Waals surface area (Å²) in [6.45, 7) is 4.22. The smallest absolute Gasteiger partial charge is 0.377 e. The first kappa shape index (κ1) is 11.1. The summed E-state index contributed by atoms with van der Waals surface area (Å²) >= 11 is 0. The summed E-state index contributed by atoms with van der Waals surface area (Å²) < 4.78 is 4.91. The average Bonchev–Trinajstić information content (AvgIpc) is 2.87. The van der Waals surface area contributed by atoms with Crippen molar-refractivity contribution < 1.29 is 14.4 Å². The van der Waals surface area contributed by atoms with Crippen LogP contribution in [0, 0.1) is 0 Å². The van der Waals surface area contributed by atoms with E-state index in [1.807, 2.05) is 0 Å². The van der Waals surface area contributed by atoms with E-state index in [-0.39, 0.29) is 5.82 Å². The van der Waals surface area contributed by atoms with Crippen LogP contribution in [0.15, 0.2) is 4.52 Å². The highest BCUT2D eigenvalue weighted by molar-refractivity contribution is 5.82. The van der Waals surface area contributed by atoms with Gasteiger partial charge in [-0.2, -0.15) is 4.98 Å². The van der Waals surface area contributed by atoms with Crippen LogP contribution in [0.2, 0.25) is 0 Å². The maximum absolute atomic E-state index is 10.6. The first-order valence-electron chi connectivity index (χ1n) is 5.50. The Morgan fingerprint density at radius 1 is 1.69 bits per heavy atom. The molecule has 1 unspecified atom stereocenters. The standard InChI is InChI=1S/C10H15N3O3/c1-2-13-5-3-4-7(13)6-8-11-9(10(14)15)12-16-8/h7H,2-6H2,1H3,(H,14,15). The lowest BCUT2D eigenvalue weighted by Gasteiger charge is -2.20. The molecule has 0 aliphatic carbocycles. The topological polar surface area (TPSA) is 79.5 Å². The molecule has 1 N–H and O–H groups in total. The van der Waals surface area contributed by atoms with Gasteiger partial charge < -0.3 is 14.5 Å². The van der Waals surface area contributed by atoms with E-state index in [9.17, 15) is 4.79 Å². The molecule has 0 spiro atoms. The van der Waals surface area contributed by atoms with Crippen molar-refractivity contribution in [3.8, 4) is 0 Å². The Morgan fingerprint density at radius 2 is 2.50 bits per heavy atom. The van der Waals surface area contributed by atoms with Crippen molar-refractivity contribution in [2.45, 2.75) is 32.2 Å². The number of hydrogen-bond donors (Lipinski definition) is 1. The average molecular weight is 225 g/mol. The van der Waals surface area contributed by atoms with Crippen molar-refractivity contribution in [1.82, 2.24) is 15.0 Å². The summed E-state index contributed by atoms with van der Waals surface area (Å²) in [5.74, 6) is -0.979. The predicted octanol–water partition coefficient (Wildman–Crippen LogP) is 0.795. The Morgan fingerprint density at radius 3 is 3.12 bits per heavy atom. The van der Waals surface area contributed by atoms with E-state index in [1.54, 1.807) is 0 Å². The van der Waals surface area contributed by atoms with E-state index >= 15 is 0 Å². The van der Waals surface area contributed by atoms with Gasteiger partial charge in [0.1, 0.15) is 0 Å². The number of likely N-dealkylation sites (tertiary alicyclic amines) is 1. The van der Waals surface area contributed by atoms with E-state index in [0.717, 1.165) is 19.5 Å². The summed E-state index contributed by atoms with van der Waals surface area (Å²) in [6, 6.07) is 0.409. The second-order valence-corrected chi connectivity index (χ2v) is 3.95. The zero-order valence-corrected chi connectivity index (χ0v) is 9.22. The molecular weight excluding hydrogens is 210 g/mol. The van der Waals surface area contributed by atoms with Crippen LogP contribution in [0.4, 0.5) is 0 Å². The molecule has 2 rings (SSSR count). The quantitative estimate of drug-likeness (QED) is 0.816. The van der Waals surface area contributed by atoms with Gasteiger partial charge in [-0.25, -0.2) is 4.79 Å². The van der Waals surface area contributed by atoms with Gasteiger partial charge in [-0.15, -0.1) is 0 Å². The van der Waals surface area contributed by atoms with Crippen molar-refractivity contribution >= 4 is 5.97 Å². The minimum atomic E-state index is -1.14. The number of nitrogens with zero attached hydrogens (tertiary/aromatic N) is 3. The van der Waals surface area contributed by atoms with E-state index < -0.39 is 5.97 Å². The number of aromatic carboxylic acids is 1. The minimum Gasteiger partial charge on any atom is -0.475 e. The van der Waals surface area contributed by atoms with Crippen molar-refractivity contribution in [2.24, 2.45) is 0 Å². The first-order chi connectivity index (χ1) is 7.70. The van der Waals surface area contributed by atoms with Crippen LogP contribution in [0.5, 0.6) is 0 Å². The van der Waals surface area contributed by atoms with Crippen LogP contribution in [0.3, 0.4) is 0 Å². The molecule has 1 aliphatic heterocycles. The summed E-state index contributed by atoms with van der Waals surface area (Å²) in [7, 11) is 0. The number of hydrogen-bond acceptors (Lipinski definition) is 5. The summed E-state index contributed by atoms with van der Waals surface area (Å²) in [6.07, 6.45) is 2.94. The highest BCUT2D eigenvalue weighted by atomic mass is 16.5. The Bertz CT molecular complexity index is 377. The van der Waals surface area contributed by atoms with Gasteiger partial charge in [0.25, 0.3) is 5.82 Å². The van der Waals surface area contributed by atoms with Gasteiger partial charge in [0.15, 0.2) is 0 Å². The van der Waals surface area contributed by atoms with Gasteiger partial charge in [0.05, 0.1) is 0 Å². The molecule has 2 heterocycles. The van der Waals surface area contributed by atoms with Crippen molar-refractivity contribution in [3.05, 3.63) is 11.7 Å². The second-order valence-electron chi connectivity index (χ2n) is 3.95. The third-order valence-corrected chi connectivity index (χ3v) is 2.97. The zero-order chi connectivity index (χ0) is 11.5. The van der Waals surface area contributed by atoms with Gasteiger partial charge >= 0.3 is 5.97 Å². The number of aromatic nitrogens is 2. The van der Waals surface area contributed by atoms with Crippen LogP contribution in [0.1, 0.15) is 36.3 Å². The Kier molecular flexibility index (Phi) is 3.19. The molecule has 0 radical (unpaired) electrons. The molecule has 6 heteroatoms. The van der Waals surface area contributed by atoms with Gasteiger partial charge in [-0.05, 0) is 31.1 Å². The number of likely N-dealkylation sites (N-methyl/N-ethyl adjacent to an activating group) is 1. The van der Waals surface area contributed by atoms with Crippen molar-refractivity contribution in [3.63, 3.8) is 0 Å². The predicted molar refractivity (Wildman–Crippen MR) is 55.2 cm³/mol. The fourth-order valence-electron chi connectivity index (χ4n) is 2.17. The normalized spacial score (nSPS) is 21.4. The SMILES string of the molecule is CCN1CCCC1Cc1nc(C(=O)O)no1. The monoisotopic (exact) mass is 225 g/mol. The molecule has 1 aliphatic rings. The molecule has 1 fully saturated rings. The molecule has 1 aromatic rings. The van der Waals surface area contributed by atoms with E-state index in [1.165, 1.54) is 6.42 Å². The Balaban J connectivity index is 2.00. The van der Waals surface area contributed by atoms with E-state index in [2.05, 4.69) is 22.0 Å². The number of carboxylic acid groups (broad SMARTS) is 1. The maximum atomic E-state index is 10.6. The second kappa shape index (κ2) is 4.61. The highest BCUT2D eigenvalue weighted by Crippen LogP contribution is 2.19. The lowest BCUT2D eigenvalue weighted by Crippen LogP contribution is -2.30. The summed E-state index contributed by atoms with van der Waals surface area (Å²) in [4.78, 5) is 16.8. The molecule has 1 aromatic heterocycles. The summed E-state index contributed by atoms with van der Waals surface area (Å²) in [5.41, 5.74) is 0. The zero-order valence-electron chi connectivity index (χ0n) is 9.22. The molecule has 1 atom stereocenters. The van der Waals surface area contributed by atoms with E-state index in [0.29, 0.717) is 18.4 Å². The molecule has 0 saturated carbocycles. The fraction of sp³-hybridized carbons (Fsp3) is 0.700. The number of rotatable bonds is 4. The van der Waals surface area contributed by atoms with Gasteiger partial charge in [0.2, 0.25) is 5.89 Å². The fourth-order valence-corrected chi connectivity index (χ4v) is 2.17. The van der Waals surface area contributed by atoms with Crippen LogP contribution in [0.25, 0.3) is 0 Å². The maximum Gasteiger partial charge on any atom is 0.377 e. The third-order valence-electron chi connectivity index (χ3n) is 2.97. The highest BCUT2D eigenvalue weighted by Gasteiger charge is 2.25. The minimum absolute atomic E-state index is 0.254. The molecular formula is C10H15N3O3. The molecule has 0 bridgehead atoms. The van der Waals surface area contributed by atoms with Gasteiger partial charge in [0, 0.05) is 12.5 Å². The van der Waals surface area contributed by atoms with Gasteiger partial charge in [-0.1, -0.05) is 6.92 Å².